The van der Waals surface area contributed by atoms with Crippen molar-refractivity contribution in [3.8, 4) is 16.8 Å². The van der Waals surface area contributed by atoms with Crippen LogP contribution in [0.3, 0.4) is 0 Å². The summed E-state index contributed by atoms with van der Waals surface area (Å²) < 4.78 is 71.2. The van der Waals surface area contributed by atoms with Crippen molar-refractivity contribution in [2.45, 2.75) is 17.5 Å². The molecule has 0 bridgehead atoms. The zero-order valence-electron chi connectivity index (χ0n) is 21.5. The van der Waals surface area contributed by atoms with Crippen molar-refractivity contribution in [1.82, 2.24) is 29.7 Å². The highest BCUT2D eigenvalue weighted by Crippen LogP contribution is 2.38. The standard InChI is InChI=1S/C27H21FN6O5S3/c28-20-7-9-21(10-8-20)34-15-19(13-29-34)18-6-11-22-23(12-18)40-27(31-22)25(26-33-32-24(39-26)14-30-41(35)36)42(37,38)16-17-4-2-1-3-5-17/h1-13,15,25,30H,14,16H2,(H,35,36). The summed E-state index contributed by atoms with van der Waals surface area (Å²) in [4.78, 5) is 4.63. The van der Waals surface area contributed by atoms with E-state index in [2.05, 4.69) is 25.0 Å². The normalized spacial score (nSPS) is 13.4. The van der Waals surface area contributed by atoms with Gasteiger partial charge in [-0.1, -0.05) is 36.4 Å². The van der Waals surface area contributed by atoms with Crippen LogP contribution in [0, 0.1) is 5.82 Å². The molecule has 15 heteroatoms. The van der Waals surface area contributed by atoms with Gasteiger partial charge in [-0.3, -0.25) is 4.55 Å². The largest absolute Gasteiger partial charge is 0.422 e. The second-order valence-corrected chi connectivity index (χ2v) is 13.1. The molecule has 3 aromatic carbocycles. The number of rotatable bonds is 10. The van der Waals surface area contributed by atoms with E-state index in [0.29, 0.717) is 16.8 Å². The summed E-state index contributed by atoms with van der Waals surface area (Å²) in [6, 6.07) is 20.2. The third kappa shape index (κ3) is 6.05. The molecule has 0 saturated heterocycles. The molecular weight excluding hydrogens is 604 g/mol. The molecule has 42 heavy (non-hydrogen) atoms. The number of benzene rings is 3. The van der Waals surface area contributed by atoms with Gasteiger partial charge < -0.3 is 4.42 Å². The van der Waals surface area contributed by atoms with Crippen molar-refractivity contribution in [3.63, 3.8) is 0 Å². The Labute approximate surface area is 245 Å². The Bertz CT molecular complexity index is 1990. The van der Waals surface area contributed by atoms with Crippen molar-refractivity contribution in [1.29, 1.82) is 0 Å². The van der Waals surface area contributed by atoms with E-state index >= 15 is 0 Å². The lowest BCUT2D eigenvalue weighted by Crippen LogP contribution is -2.17. The van der Waals surface area contributed by atoms with Gasteiger partial charge in [-0.2, -0.15) is 5.10 Å². The summed E-state index contributed by atoms with van der Waals surface area (Å²) in [6.45, 7) is -0.226. The van der Waals surface area contributed by atoms with Crippen LogP contribution in [0.4, 0.5) is 4.39 Å². The summed E-state index contributed by atoms with van der Waals surface area (Å²) in [5, 5.41) is 11.1. The van der Waals surface area contributed by atoms with Crippen LogP contribution in [0.15, 0.2) is 89.6 Å². The first kappa shape index (κ1) is 28.0. The van der Waals surface area contributed by atoms with Gasteiger partial charge in [0.2, 0.25) is 23.0 Å². The second kappa shape index (κ2) is 11.6. The quantitative estimate of drug-likeness (QED) is 0.208. The lowest BCUT2D eigenvalue weighted by atomic mass is 10.1. The summed E-state index contributed by atoms with van der Waals surface area (Å²) in [5.41, 5.74) is 3.51. The van der Waals surface area contributed by atoms with Gasteiger partial charge in [-0.15, -0.1) is 21.5 Å². The van der Waals surface area contributed by atoms with Crippen LogP contribution in [0.2, 0.25) is 0 Å². The zero-order chi connectivity index (χ0) is 29.3. The number of nitrogens with one attached hydrogen (secondary N) is 1. The Balaban J connectivity index is 1.36. The van der Waals surface area contributed by atoms with Crippen molar-refractivity contribution >= 4 is 42.7 Å². The van der Waals surface area contributed by atoms with E-state index in [1.807, 2.05) is 18.3 Å². The smallest absolute Gasteiger partial charge is 0.241 e. The third-order valence-electron chi connectivity index (χ3n) is 6.26. The molecule has 0 saturated carbocycles. The van der Waals surface area contributed by atoms with Crippen LogP contribution in [-0.2, 0) is 33.4 Å². The lowest BCUT2D eigenvalue weighted by Gasteiger charge is -2.12. The monoisotopic (exact) mass is 624 g/mol. The van der Waals surface area contributed by atoms with E-state index in [1.165, 1.54) is 23.5 Å². The maximum Gasteiger partial charge on any atom is 0.241 e. The Morgan fingerprint density at radius 1 is 1.05 bits per heavy atom. The molecular formula is C27H21FN6O5S3. The highest BCUT2D eigenvalue weighted by Gasteiger charge is 2.37. The zero-order valence-corrected chi connectivity index (χ0v) is 23.9. The SMILES string of the molecule is O=S(O)NCc1nnc(C(c2nc3ccc(-c4cnn(-c5ccc(F)cc5)c4)cc3s2)S(=O)(=O)Cc2ccccc2)o1. The highest BCUT2D eigenvalue weighted by atomic mass is 32.2. The first-order valence-electron chi connectivity index (χ1n) is 12.4. The molecule has 2 N–H and O–H groups in total. The van der Waals surface area contributed by atoms with E-state index in [4.69, 9.17) is 8.97 Å². The van der Waals surface area contributed by atoms with E-state index in [-0.39, 0.29) is 34.9 Å². The number of thiazole rings is 1. The van der Waals surface area contributed by atoms with Crippen LogP contribution >= 0.6 is 11.3 Å². The molecule has 3 heterocycles. The predicted octanol–water partition coefficient (Wildman–Crippen LogP) is 4.60. The Kier molecular flexibility index (Phi) is 7.74. The average Bonchev–Trinajstić information content (AvgIpc) is 3.72. The van der Waals surface area contributed by atoms with Gasteiger partial charge >= 0.3 is 0 Å². The molecule has 0 aliphatic heterocycles. The van der Waals surface area contributed by atoms with E-state index < -0.39 is 26.4 Å². The van der Waals surface area contributed by atoms with Gasteiger partial charge in [0.05, 0.1) is 34.4 Å². The lowest BCUT2D eigenvalue weighted by molar-refractivity contribution is 0.442. The number of hydrogen-bond acceptors (Lipinski definition) is 9. The topological polar surface area (TPSA) is 153 Å². The molecule has 0 amide bonds. The summed E-state index contributed by atoms with van der Waals surface area (Å²) in [6.07, 6.45) is 3.50. The van der Waals surface area contributed by atoms with Crippen LogP contribution in [0.25, 0.3) is 27.0 Å². The maximum absolute atomic E-state index is 13.8. The molecule has 2 atom stereocenters. The molecule has 6 aromatic rings. The second-order valence-electron chi connectivity index (χ2n) is 9.16. The fourth-order valence-electron chi connectivity index (χ4n) is 4.31. The van der Waals surface area contributed by atoms with Gasteiger partial charge in [0, 0.05) is 11.8 Å². The number of halogens is 1. The van der Waals surface area contributed by atoms with E-state index in [1.54, 1.807) is 59.4 Å². The van der Waals surface area contributed by atoms with Crippen molar-refractivity contribution < 1.29 is 26.0 Å². The summed E-state index contributed by atoms with van der Waals surface area (Å²) in [7, 11) is -3.96. The van der Waals surface area contributed by atoms with Gasteiger partial charge in [0.25, 0.3) is 0 Å². The minimum atomic E-state index is -3.96. The molecule has 0 radical (unpaired) electrons. The van der Waals surface area contributed by atoms with Crippen LogP contribution in [0.5, 0.6) is 0 Å². The fourth-order valence-corrected chi connectivity index (χ4v) is 7.71. The van der Waals surface area contributed by atoms with Crippen molar-refractivity contribution in [2.75, 3.05) is 0 Å². The van der Waals surface area contributed by atoms with Gasteiger partial charge in [-0.25, -0.2) is 31.4 Å². The number of sulfone groups is 1. The molecule has 6 rings (SSSR count). The third-order valence-corrected chi connectivity index (χ3v) is 9.76. The van der Waals surface area contributed by atoms with Gasteiger partial charge in [0.15, 0.2) is 15.1 Å². The molecule has 2 unspecified atom stereocenters. The molecule has 0 spiro atoms. The average molecular weight is 625 g/mol. The summed E-state index contributed by atoms with van der Waals surface area (Å²) >= 11 is -1.13. The van der Waals surface area contributed by atoms with Crippen LogP contribution in [0.1, 0.15) is 27.6 Å². The van der Waals surface area contributed by atoms with E-state index in [9.17, 15) is 17.0 Å². The van der Waals surface area contributed by atoms with Crippen LogP contribution in [-0.4, -0.2) is 42.1 Å². The fraction of sp³-hybridized carbons (Fsp3) is 0.111. The minimum absolute atomic E-state index is 0.0473. The minimum Gasteiger partial charge on any atom is -0.422 e. The van der Waals surface area contributed by atoms with Crippen LogP contribution < -0.4 is 4.72 Å². The molecule has 0 aliphatic carbocycles. The molecule has 3 aromatic heterocycles. The van der Waals surface area contributed by atoms with Gasteiger partial charge in [-0.05, 0) is 47.5 Å². The highest BCUT2D eigenvalue weighted by molar-refractivity contribution is 7.91. The Hall–Kier alpha value is -4.15. The number of nitrogens with zero attached hydrogens (tertiary/aromatic N) is 5. The Morgan fingerprint density at radius 3 is 2.60 bits per heavy atom. The first-order chi connectivity index (χ1) is 20.2. The summed E-state index contributed by atoms with van der Waals surface area (Å²) in [5.74, 6) is -0.865. The molecule has 214 valence electrons. The first-order valence-corrected chi connectivity index (χ1v) is 16.0. The van der Waals surface area contributed by atoms with Crippen molar-refractivity contribution in [2.24, 2.45) is 0 Å². The molecule has 0 fully saturated rings. The molecule has 0 aliphatic rings. The maximum atomic E-state index is 13.8. The Morgan fingerprint density at radius 2 is 1.83 bits per heavy atom. The number of aromatic nitrogens is 5. The predicted molar refractivity (Wildman–Crippen MR) is 155 cm³/mol. The number of fused-ring (bicyclic) bond motifs is 1. The number of hydrogen-bond donors (Lipinski definition) is 2. The molecule has 11 nitrogen and oxygen atoms in total. The van der Waals surface area contributed by atoms with E-state index in [0.717, 1.165) is 15.8 Å². The van der Waals surface area contributed by atoms with Gasteiger partial charge in [0.1, 0.15) is 10.8 Å². The van der Waals surface area contributed by atoms with Crippen molar-refractivity contribution in [3.05, 3.63) is 113 Å².